The lowest BCUT2D eigenvalue weighted by molar-refractivity contribution is 0.466. The summed E-state index contributed by atoms with van der Waals surface area (Å²) in [6.45, 7) is 3.32. The molecule has 0 aliphatic heterocycles. The molecule has 0 aromatic carbocycles. The van der Waals surface area contributed by atoms with Gasteiger partial charge in [0.05, 0.1) is 0 Å². The van der Waals surface area contributed by atoms with Crippen LogP contribution in [-0.4, -0.2) is 18.0 Å². The Kier molecular flexibility index (Phi) is 5.01. The Labute approximate surface area is 80.9 Å². The SMILES string of the molecule is CCCNC1CCCCCC1Cl. The molecule has 1 fully saturated rings. The maximum Gasteiger partial charge on any atom is 0.0489 e. The van der Waals surface area contributed by atoms with Crippen LogP contribution in [0.2, 0.25) is 0 Å². The minimum Gasteiger partial charge on any atom is -0.313 e. The monoisotopic (exact) mass is 189 g/mol. The minimum atomic E-state index is 0.374. The summed E-state index contributed by atoms with van der Waals surface area (Å²) < 4.78 is 0. The molecule has 0 saturated heterocycles. The van der Waals surface area contributed by atoms with E-state index in [1.54, 1.807) is 0 Å². The molecule has 2 heteroatoms. The zero-order valence-electron chi connectivity index (χ0n) is 7.98. The Morgan fingerprint density at radius 3 is 2.75 bits per heavy atom. The van der Waals surface area contributed by atoms with Crippen LogP contribution < -0.4 is 5.32 Å². The molecule has 1 aliphatic carbocycles. The molecule has 0 radical (unpaired) electrons. The number of hydrogen-bond donors (Lipinski definition) is 1. The third kappa shape index (κ3) is 3.32. The van der Waals surface area contributed by atoms with Gasteiger partial charge in [-0.05, 0) is 25.8 Å². The molecule has 0 bridgehead atoms. The van der Waals surface area contributed by atoms with Crippen LogP contribution in [0.4, 0.5) is 0 Å². The van der Waals surface area contributed by atoms with E-state index in [9.17, 15) is 0 Å². The first-order chi connectivity index (χ1) is 5.84. The fourth-order valence-electron chi connectivity index (χ4n) is 1.82. The van der Waals surface area contributed by atoms with Gasteiger partial charge in [-0.3, -0.25) is 0 Å². The molecule has 1 N–H and O–H groups in total. The van der Waals surface area contributed by atoms with Gasteiger partial charge in [0, 0.05) is 11.4 Å². The van der Waals surface area contributed by atoms with Gasteiger partial charge in [0.15, 0.2) is 0 Å². The topological polar surface area (TPSA) is 12.0 Å². The van der Waals surface area contributed by atoms with Gasteiger partial charge in [0.25, 0.3) is 0 Å². The van der Waals surface area contributed by atoms with Crippen molar-refractivity contribution < 1.29 is 0 Å². The number of alkyl halides is 1. The zero-order chi connectivity index (χ0) is 8.81. The molecule has 0 spiro atoms. The molecule has 0 heterocycles. The smallest absolute Gasteiger partial charge is 0.0489 e. The van der Waals surface area contributed by atoms with Crippen LogP contribution >= 0.6 is 11.6 Å². The van der Waals surface area contributed by atoms with Crippen LogP contribution in [-0.2, 0) is 0 Å². The van der Waals surface area contributed by atoms with Crippen molar-refractivity contribution >= 4 is 11.6 Å². The highest BCUT2D eigenvalue weighted by Crippen LogP contribution is 2.22. The molecule has 1 rings (SSSR count). The summed E-state index contributed by atoms with van der Waals surface area (Å²) in [6, 6.07) is 0.578. The Bertz CT molecular complexity index is 116. The van der Waals surface area contributed by atoms with Gasteiger partial charge in [-0.1, -0.05) is 26.2 Å². The lowest BCUT2D eigenvalue weighted by Crippen LogP contribution is -2.36. The minimum absolute atomic E-state index is 0.374. The highest BCUT2D eigenvalue weighted by atomic mass is 35.5. The van der Waals surface area contributed by atoms with Gasteiger partial charge in [-0.25, -0.2) is 0 Å². The number of hydrogen-bond acceptors (Lipinski definition) is 1. The molecule has 0 aromatic rings. The third-order valence-electron chi connectivity index (χ3n) is 2.59. The van der Waals surface area contributed by atoms with E-state index in [-0.39, 0.29) is 0 Å². The van der Waals surface area contributed by atoms with Crippen molar-refractivity contribution in [2.24, 2.45) is 0 Å². The first-order valence-corrected chi connectivity index (χ1v) is 5.65. The van der Waals surface area contributed by atoms with E-state index >= 15 is 0 Å². The van der Waals surface area contributed by atoms with Crippen molar-refractivity contribution in [3.63, 3.8) is 0 Å². The summed E-state index contributed by atoms with van der Waals surface area (Å²) in [7, 11) is 0. The molecule has 2 atom stereocenters. The molecule has 1 aliphatic rings. The highest BCUT2D eigenvalue weighted by molar-refractivity contribution is 6.21. The van der Waals surface area contributed by atoms with Gasteiger partial charge in [0.2, 0.25) is 0 Å². The quantitative estimate of drug-likeness (QED) is 0.532. The number of halogens is 1. The van der Waals surface area contributed by atoms with Gasteiger partial charge >= 0.3 is 0 Å². The van der Waals surface area contributed by atoms with E-state index < -0.39 is 0 Å². The van der Waals surface area contributed by atoms with E-state index in [1.165, 1.54) is 38.5 Å². The number of rotatable bonds is 3. The van der Waals surface area contributed by atoms with Gasteiger partial charge < -0.3 is 5.32 Å². The average Bonchev–Trinajstić information content (AvgIpc) is 2.27. The van der Waals surface area contributed by atoms with Gasteiger partial charge in [-0.2, -0.15) is 0 Å². The predicted molar refractivity (Wildman–Crippen MR) is 54.8 cm³/mol. The fraction of sp³-hybridized carbons (Fsp3) is 1.00. The van der Waals surface area contributed by atoms with E-state index in [0.717, 1.165) is 6.54 Å². The zero-order valence-corrected chi connectivity index (χ0v) is 8.74. The average molecular weight is 190 g/mol. The largest absolute Gasteiger partial charge is 0.313 e. The summed E-state index contributed by atoms with van der Waals surface area (Å²) in [5.41, 5.74) is 0. The molecular formula is C10H20ClN. The maximum absolute atomic E-state index is 6.26. The third-order valence-corrected chi connectivity index (χ3v) is 3.11. The van der Waals surface area contributed by atoms with Crippen LogP contribution in [0.5, 0.6) is 0 Å². The lowest BCUT2D eigenvalue weighted by Gasteiger charge is -2.20. The van der Waals surface area contributed by atoms with Crippen molar-refractivity contribution in [3.05, 3.63) is 0 Å². The Balaban J connectivity index is 2.26. The summed E-state index contributed by atoms with van der Waals surface area (Å²) in [5, 5.41) is 3.90. The van der Waals surface area contributed by atoms with Crippen LogP contribution in [0.25, 0.3) is 0 Å². The molecule has 2 unspecified atom stereocenters. The normalized spacial score (nSPS) is 31.5. The summed E-state index contributed by atoms with van der Waals surface area (Å²) in [5.74, 6) is 0. The number of nitrogens with one attached hydrogen (secondary N) is 1. The molecule has 1 nitrogen and oxygen atoms in total. The van der Waals surface area contributed by atoms with E-state index in [4.69, 9.17) is 11.6 Å². The van der Waals surface area contributed by atoms with Crippen LogP contribution in [0.1, 0.15) is 45.4 Å². The summed E-state index contributed by atoms with van der Waals surface area (Å²) in [4.78, 5) is 0. The highest BCUT2D eigenvalue weighted by Gasteiger charge is 2.20. The van der Waals surface area contributed by atoms with E-state index in [2.05, 4.69) is 12.2 Å². The van der Waals surface area contributed by atoms with Crippen LogP contribution in [0, 0.1) is 0 Å². The first kappa shape index (κ1) is 10.3. The van der Waals surface area contributed by atoms with Crippen molar-refractivity contribution in [3.8, 4) is 0 Å². The van der Waals surface area contributed by atoms with E-state index in [0.29, 0.717) is 11.4 Å². The fourth-order valence-corrected chi connectivity index (χ4v) is 2.19. The molecule has 12 heavy (non-hydrogen) atoms. The molecule has 0 aromatic heterocycles. The molecule has 72 valence electrons. The van der Waals surface area contributed by atoms with Crippen molar-refractivity contribution in [2.45, 2.75) is 56.9 Å². The van der Waals surface area contributed by atoms with E-state index in [1.807, 2.05) is 0 Å². The molecular weight excluding hydrogens is 170 g/mol. The van der Waals surface area contributed by atoms with Crippen LogP contribution in [0.3, 0.4) is 0 Å². The van der Waals surface area contributed by atoms with Gasteiger partial charge in [0.1, 0.15) is 0 Å². The van der Waals surface area contributed by atoms with Crippen molar-refractivity contribution in [2.75, 3.05) is 6.54 Å². The second-order valence-corrected chi connectivity index (χ2v) is 4.28. The Morgan fingerprint density at radius 1 is 1.25 bits per heavy atom. The Morgan fingerprint density at radius 2 is 2.00 bits per heavy atom. The van der Waals surface area contributed by atoms with Gasteiger partial charge in [-0.15, -0.1) is 11.6 Å². The summed E-state index contributed by atoms with van der Waals surface area (Å²) in [6.07, 6.45) is 7.72. The van der Waals surface area contributed by atoms with Crippen LogP contribution in [0.15, 0.2) is 0 Å². The van der Waals surface area contributed by atoms with Crippen molar-refractivity contribution in [1.29, 1.82) is 0 Å². The Hall–Kier alpha value is 0.250. The summed E-state index contributed by atoms with van der Waals surface area (Å²) >= 11 is 6.26. The second-order valence-electron chi connectivity index (χ2n) is 3.71. The maximum atomic E-state index is 6.26. The van der Waals surface area contributed by atoms with Crippen molar-refractivity contribution in [1.82, 2.24) is 5.32 Å². The predicted octanol–water partition coefficient (Wildman–Crippen LogP) is 2.93. The standard InChI is InChI=1S/C10H20ClN/c1-2-8-12-10-7-5-3-4-6-9(10)11/h9-10,12H,2-8H2,1H3. The molecule has 1 saturated carbocycles. The molecule has 0 amide bonds. The lowest BCUT2D eigenvalue weighted by atomic mass is 10.1. The second kappa shape index (κ2) is 5.82. The first-order valence-electron chi connectivity index (χ1n) is 5.22.